The van der Waals surface area contributed by atoms with Gasteiger partial charge in [0, 0.05) is 12.2 Å². The Hall–Kier alpha value is -1.30. The summed E-state index contributed by atoms with van der Waals surface area (Å²) >= 11 is 0. The van der Waals surface area contributed by atoms with Crippen LogP contribution in [0.5, 0.6) is 0 Å². The minimum atomic E-state index is -5.62. The molecule has 0 bridgehead atoms. The van der Waals surface area contributed by atoms with Crippen LogP contribution in [0.15, 0.2) is 12.2 Å². The first-order valence-corrected chi connectivity index (χ1v) is 7.21. The van der Waals surface area contributed by atoms with E-state index in [1.165, 1.54) is 13.8 Å². The lowest BCUT2D eigenvalue weighted by Gasteiger charge is -2.47. The van der Waals surface area contributed by atoms with E-state index in [9.17, 15) is 26.7 Å². The number of esters is 1. The maximum atomic E-state index is 14.6. The molecule has 3 unspecified atom stereocenters. The molecule has 0 saturated carbocycles. The van der Waals surface area contributed by atoms with E-state index in [0.717, 1.165) is 6.92 Å². The lowest BCUT2D eigenvalue weighted by atomic mass is 10.0. The quantitative estimate of drug-likeness (QED) is 0.294. The molecular formula is C14H19F5O6. The molecule has 6 nitrogen and oxygen atoms in total. The van der Waals surface area contributed by atoms with Crippen molar-refractivity contribution in [1.29, 1.82) is 0 Å². The number of hydrogen-bond acceptors (Lipinski definition) is 6. The van der Waals surface area contributed by atoms with Gasteiger partial charge in [0.25, 0.3) is 0 Å². The maximum Gasteiger partial charge on any atom is 0.450 e. The minimum Gasteiger partial charge on any atom is -0.459 e. The third-order valence-electron chi connectivity index (χ3n) is 3.20. The molecule has 0 amide bonds. The third kappa shape index (κ3) is 4.46. The molecule has 1 aliphatic heterocycles. The Morgan fingerprint density at radius 3 is 2.48 bits per heavy atom. The number of alkyl halides is 5. The molecule has 3 atom stereocenters. The molecule has 1 aliphatic rings. The highest BCUT2D eigenvalue weighted by atomic mass is 19.4. The van der Waals surface area contributed by atoms with Crippen LogP contribution in [0.3, 0.4) is 0 Å². The van der Waals surface area contributed by atoms with Crippen molar-refractivity contribution in [1.82, 2.24) is 0 Å². The average Bonchev–Trinajstić information content (AvgIpc) is 2.46. The van der Waals surface area contributed by atoms with Gasteiger partial charge >= 0.3 is 23.9 Å². The van der Waals surface area contributed by atoms with Crippen molar-refractivity contribution in [3.63, 3.8) is 0 Å². The Labute approximate surface area is 140 Å². The summed E-state index contributed by atoms with van der Waals surface area (Å²) in [6.45, 7) is 4.58. The molecule has 0 aromatic carbocycles. The van der Waals surface area contributed by atoms with Gasteiger partial charge in [0.2, 0.25) is 0 Å². The number of rotatable bonds is 7. The first kappa shape index (κ1) is 21.7. The van der Waals surface area contributed by atoms with Gasteiger partial charge in [0.15, 0.2) is 19.2 Å². The van der Waals surface area contributed by atoms with Gasteiger partial charge in [-0.25, -0.2) is 4.79 Å². The fourth-order valence-electron chi connectivity index (χ4n) is 1.99. The summed E-state index contributed by atoms with van der Waals surface area (Å²) in [5.41, 5.74) is -0.112. The number of ether oxygens (including phenoxy) is 5. The highest BCUT2D eigenvalue weighted by Gasteiger charge is 2.78. The second-order valence-corrected chi connectivity index (χ2v) is 5.17. The minimum absolute atomic E-state index is 0.0726. The van der Waals surface area contributed by atoms with Crippen molar-refractivity contribution in [2.24, 2.45) is 0 Å². The summed E-state index contributed by atoms with van der Waals surface area (Å²) in [5.74, 6) is -10.1. The van der Waals surface area contributed by atoms with Gasteiger partial charge in [0.05, 0.1) is 0 Å². The van der Waals surface area contributed by atoms with Crippen LogP contribution in [0.4, 0.5) is 22.0 Å². The van der Waals surface area contributed by atoms with Crippen molar-refractivity contribution in [2.45, 2.75) is 51.1 Å². The van der Waals surface area contributed by atoms with Crippen LogP contribution in [0.1, 0.15) is 20.8 Å². The molecule has 146 valence electrons. The monoisotopic (exact) mass is 378 g/mol. The van der Waals surface area contributed by atoms with E-state index in [1.807, 2.05) is 0 Å². The van der Waals surface area contributed by atoms with Gasteiger partial charge in [-0.05, 0) is 20.8 Å². The SMILES string of the molecule is C=C(C)C(=O)OCC1OCOC(OC(C)OCC)(C(F)(F)F)C1(F)F. The molecule has 0 aliphatic carbocycles. The molecule has 0 aromatic rings. The summed E-state index contributed by atoms with van der Waals surface area (Å²) in [7, 11) is 0. The Bertz CT molecular complexity index is 495. The molecule has 0 N–H and O–H groups in total. The first-order chi connectivity index (χ1) is 11.4. The zero-order chi connectivity index (χ0) is 19.5. The fourth-order valence-corrected chi connectivity index (χ4v) is 1.99. The van der Waals surface area contributed by atoms with Crippen molar-refractivity contribution in [3.05, 3.63) is 12.2 Å². The molecule has 1 fully saturated rings. The summed E-state index contributed by atoms with van der Waals surface area (Å²) in [4.78, 5) is 11.3. The van der Waals surface area contributed by atoms with E-state index < -0.39 is 49.6 Å². The van der Waals surface area contributed by atoms with Gasteiger partial charge in [-0.2, -0.15) is 22.0 Å². The molecule has 11 heteroatoms. The van der Waals surface area contributed by atoms with Gasteiger partial charge in [-0.3, -0.25) is 0 Å². The Morgan fingerprint density at radius 2 is 2.00 bits per heavy atom. The molecule has 0 aromatic heterocycles. The molecule has 1 saturated heterocycles. The van der Waals surface area contributed by atoms with Gasteiger partial charge in [0.1, 0.15) is 6.61 Å². The number of hydrogen-bond donors (Lipinski definition) is 0. The van der Waals surface area contributed by atoms with E-state index in [1.54, 1.807) is 0 Å². The van der Waals surface area contributed by atoms with E-state index in [4.69, 9.17) is 4.74 Å². The van der Waals surface area contributed by atoms with Gasteiger partial charge in [-0.1, -0.05) is 6.58 Å². The predicted octanol–water partition coefficient (Wildman–Crippen LogP) is 2.77. The first-order valence-electron chi connectivity index (χ1n) is 7.21. The number of carbonyl (C=O) groups excluding carboxylic acids is 1. The smallest absolute Gasteiger partial charge is 0.450 e. The third-order valence-corrected chi connectivity index (χ3v) is 3.20. The molecular weight excluding hydrogens is 359 g/mol. The van der Waals surface area contributed by atoms with Crippen LogP contribution in [0.2, 0.25) is 0 Å². The Morgan fingerprint density at radius 1 is 1.40 bits per heavy atom. The number of halogens is 5. The average molecular weight is 378 g/mol. The topological polar surface area (TPSA) is 63.2 Å². The Kier molecular flexibility index (Phi) is 6.90. The fraction of sp³-hybridized carbons (Fsp3) is 0.786. The Balaban J connectivity index is 3.10. The van der Waals surface area contributed by atoms with E-state index in [-0.39, 0.29) is 12.2 Å². The largest absolute Gasteiger partial charge is 0.459 e. The van der Waals surface area contributed by atoms with E-state index >= 15 is 0 Å². The lowest BCUT2D eigenvalue weighted by molar-refractivity contribution is -0.510. The predicted molar refractivity (Wildman–Crippen MR) is 72.5 cm³/mol. The highest BCUT2D eigenvalue weighted by molar-refractivity contribution is 5.86. The zero-order valence-electron chi connectivity index (χ0n) is 13.8. The summed E-state index contributed by atoms with van der Waals surface area (Å²) < 4.78 is 91.8. The second kappa shape index (κ2) is 7.94. The van der Waals surface area contributed by atoms with Crippen molar-refractivity contribution in [3.8, 4) is 0 Å². The van der Waals surface area contributed by atoms with Crippen molar-refractivity contribution < 1.29 is 50.4 Å². The van der Waals surface area contributed by atoms with E-state index in [0.29, 0.717) is 0 Å². The molecule has 0 spiro atoms. The molecule has 1 rings (SSSR count). The second-order valence-electron chi connectivity index (χ2n) is 5.17. The molecule has 1 heterocycles. The van der Waals surface area contributed by atoms with Crippen molar-refractivity contribution >= 4 is 5.97 Å². The zero-order valence-corrected chi connectivity index (χ0v) is 13.8. The summed E-state index contributed by atoms with van der Waals surface area (Å²) in [6.07, 6.45) is -9.71. The summed E-state index contributed by atoms with van der Waals surface area (Å²) in [5, 5.41) is 0. The summed E-state index contributed by atoms with van der Waals surface area (Å²) in [6, 6.07) is 0. The van der Waals surface area contributed by atoms with Crippen LogP contribution >= 0.6 is 0 Å². The van der Waals surface area contributed by atoms with E-state index in [2.05, 4.69) is 25.5 Å². The normalized spacial score (nSPS) is 27.6. The van der Waals surface area contributed by atoms with Crippen LogP contribution in [-0.4, -0.2) is 56.3 Å². The molecule has 25 heavy (non-hydrogen) atoms. The highest BCUT2D eigenvalue weighted by Crippen LogP contribution is 2.51. The van der Waals surface area contributed by atoms with Crippen LogP contribution in [0, 0.1) is 0 Å². The van der Waals surface area contributed by atoms with Crippen LogP contribution in [0.25, 0.3) is 0 Å². The molecule has 0 radical (unpaired) electrons. The standard InChI is InChI=1S/C14H19F5O6/c1-5-21-9(4)25-13(14(17,18)19)12(15,16)10(23-7-24-13)6-22-11(20)8(2)3/h9-10H,2,5-7H2,1,3-4H3. The van der Waals surface area contributed by atoms with Gasteiger partial charge < -0.3 is 23.7 Å². The number of carbonyl (C=O) groups is 1. The lowest BCUT2D eigenvalue weighted by Crippen LogP contribution is -2.71. The maximum absolute atomic E-state index is 14.6. The van der Waals surface area contributed by atoms with Crippen LogP contribution in [-0.2, 0) is 28.5 Å². The van der Waals surface area contributed by atoms with Gasteiger partial charge in [-0.15, -0.1) is 0 Å². The van der Waals surface area contributed by atoms with Crippen LogP contribution < -0.4 is 0 Å². The van der Waals surface area contributed by atoms with Crippen molar-refractivity contribution in [2.75, 3.05) is 20.0 Å².